The molecule has 2 aromatic rings. The van der Waals surface area contributed by atoms with Crippen LogP contribution in [0, 0.1) is 0 Å². The van der Waals surface area contributed by atoms with E-state index in [1.165, 1.54) is 0 Å². The van der Waals surface area contributed by atoms with Gasteiger partial charge in [0.05, 0.1) is 15.7 Å². The summed E-state index contributed by atoms with van der Waals surface area (Å²) >= 11 is 18.1. The van der Waals surface area contributed by atoms with Crippen molar-refractivity contribution in [2.24, 2.45) is 0 Å². The van der Waals surface area contributed by atoms with Gasteiger partial charge in [-0.05, 0) is 37.6 Å². The Morgan fingerprint density at radius 3 is 2.43 bits per heavy atom. The molecule has 0 atom stereocenters. The van der Waals surface area contributed by atoms with Gasteiger partial charge in [0.15, 0.2) is 0 Å². The van der Waals surface area contributed by atoms with E-state index in [1.807, 2.05) is 18.7 Å². The first-order valence-corrected chi connectivity index (χ1v) is 7.56. The first kappa shape index (κ1) is 16.1. The molecule has 0 aliphatic carbocycles. The van der Waals surface area contributed by atoms with Crippen LogP contribution in [0.2, 0.25) is 15.3 Å². The third-order valence-corrected chi connectivity index (χ3v) is 3.83. The highest BCUT2D eigenvalue weighted by atomic mass is 35.5. The molecule has 5 nitrogen and oxygen atoms in total. The maximum Gasteiger partial charge on any atom is 0.233 e. The molecule has 112 valence electrons. The molecule has 8 heteroatoms. The molecule has 0 saturated heterocycles. The Labute approximate surface area is 138 Å². The number of halogens is 3. The maximum atomic E-state index is 6.13. The largest absolute Gasteiger partial charge is 0.341 e. The van der Waals surface area contributed by atoms with Crippen LogP contribution in [-0.4, -0.2) is 28.0 Å². The summed E-state index contributed by atoms with van der Waals surface area (Å²) in [5.41, 5.74) is 0.608. The number of anilines is 3. The van der Waals surface area contributed by atoms with Crippen molar-refractivity contribution < 1.29 is 0 Å². The zero-order valence-electron chi connectivity index (χ0n) is 11.6. The van der Waals surface area contributed by atoms with Crippen LogP contribution in [0.15, 0.2) is 18.2 Å². The minimum absolute atomic E-state index is 0.118. The van der Waals surface area contributed by atoms with Crippen LogP contribution in [0.5, 0.6) is 0 Å². The molecule has 0 unspecified atom stereocenters. The number of nitrogens with one attached hydrogen (secondary N) is 1. The highest BCUT2D eigenvalue weighted by Gasteiger charge is 2.12. The SMILES string of the molecule is CCN(CC)c1nc(Cl)nc(Nc2cccc(Cl)c2Cl)n1. The minimum atomic E-state index is 0.118. The van der Waals surface area contributed by atoms with Crippen molar-refractivity contribution >= 4 is 52.4 Å². The van der Waals surface area contributed by atoms with Gasteiger partial charge in [0.1, 0.15) is 0 Å². The topological polar surface area (TPSA) is 53.9 Å². The van der Waals surface area contributed by atoms with Gasteiger partial charge in [0.2, 0.25) is 17.2 Å². The third-order valence-electron chi connectivity index (χ3n) is 2.84. The van der Waals surface area contributed by atoms with E-state index < -0.39 is 0 Å². The van der Waals surface area contributed by atoms with E-state index in [4.69, 9.17) is 34.8 Å². The summed E-state index contributed by atoms with van der Waals surface area (Å²) in [6.45, 7) is 5.58. The monoisotopic (exact) mass is 345 g/mol. The fourth-order valence-electron chi connectivity index (χ4n) is 1.76. The quantitative estimate of drug-likeness (QED) is 0.868. The minimum Gasteiger partial charge on any atom is -0.341 e. The molecule has 0 aliphatic rings. The lowest BCUT2D eigenvalue weighted by atomic mass is 10.3. The summed E-state index contributed by atoms with van der Waals surface area (Å²) in [5, 5.41) is 3.98. The Bertz CT molecular complexity index is 631. The van der Waals surface area contributed by atoms with Crippen molar-refractivity contribution in [3.8, 4) is 0 Å². The molecule has 21 heavy (non-hydrogen) atoms. The van der Waals surface area contributed by atoms with Gasteiger partial charge in [0.25, 0.3) is 0 Å². The van der Waals surface area contributed by atoms with Crippen molar-refractivity contribution in [1.82, 2.24) is 15.0 Å². The fourth-order valence-corrected chi connectivity index (χ4v) is 2.27. The van der Waals surface area contributed by atoms with E-state index in [0.717, 1.165) is 13.1 Å². The average Bonchev–Trinajstić information content (AvgIpc) is 2.45. The van der Waals surface area contributed by atoms with E-state index in [0.29, 0.717) is 27.6 Å². The zero-order valence-corrected chi connectivity index (χ0v) is 13.8. The smallest absolute Gasteiger partial charge is 0.233 e. The Kier molecular flexibility index (Phi) is 5.45. The second-order valence-electron chi connectivity index (χ2n) is 4.13. The molecular formula is C13H14Cl3N5. The number of aromatic nitrogens is 3. The molecule has 0 amide bonds. The molecular weight excluding hydrogens is 333 g/mol. The second kappa shape index (κ2) is 7.11. The highest BCUT2D eigenvalue weighted by Crippen LogP contribution is 2.31. The number of nitrogens with zero attached hydrogens (tertiary/aromatic N) is 4. The lowest BCUT2D eigenvalue weighted by Crippen LogP contribution is -2.24. The fraction of sp³-hybridized carbons (Fsp3) is 0.308. The zero-order chi connectivity index (χ0) is 15.4. The molecule has 0 radical (unpaired) electrons. The van der Waals surface area contributed by atoms with Crippen LogP contribution in [0.1, 0.15) is 13.8 Å². The van der Waals surface area contributed by atoms with E-state index in [2.05, 4.69) is 20.3 Å². The van der Waals surface area contributed by atoms with Crippen LogP contribution < -0.4 is 10.2 Å². The van der Waals surface area contributed by atoms with E-state index in [1.54, 1.807) is 18.2 Å². The molecule has 1 aromatic carbocycles. The molecule has 1 heterocycles. The summed E-state index contributed by atoms with van der Waals surface area (Å²) in [6, 6.07) is 5.27. The normalized spacial score (nSPS) is 10.5. The summed E-state index contributed by atoms with van der Waals surface area (Å²) in [7, 11) is 0. The Balaban J connectivity index is 2.34. The number of rotatable bonds is 5. The molecule has 2 rings (SSSR count). The number of hydrogen-bond donors (Lipinski definition) is 1. The van der Waals surface area contributed by atoms with Crippen LogP contribution >= 0.6 is 34.8 Å². The lowest BCUT2D eigenvalue weighted by Gasteiger charge is -2.19. The summed E-state index contributed by atoms with van der Waals surface area (Å²) in [4.78, 5) is 14.5. The first-order chi connectivity index (χ1) is 10.0. The van der Waals surface area contributed by atoms with Crippen molar-refractivity contribution in [3.63, 3.8) is 0 Å². The van der Waals surface area contributed by atoms with Crippen molar-refractivity contribution in [3.05, 3.63) is 33.5 Å². The molecule has 0 aliphatic heterocycles. The van der Waals surface area contributed by atoms with Gasteiger partial charge in [0, 0.05) is 13.1 Å². The van der Waals surface area contributed by atoms with Gasteiger partial charge in [-0.2, -0.15) is 15.0 Å². The Hall–Kier alpha value is -1.30. The van der Waals surface area contributed by atoms with E-state index in [-0.39, 0.29) is 5.28 Å². The lowest BCUT2D eigenvalue weighted by molar-refractivity contribution is 0.814. The van der Waals surface area contributed by atoms with Gasteiger partial charge in [-0.25, -0.2) is 0 Å². The van der Waals surface area contributed by atoms with Gasteiger partial charge in [-0.15, -0.1) is 0 Å². The van der Waals surface area contributed by atoms with Gasteiger partial charge in [-0.3, -0.25) is 0 Å². The predicted molar refractivity (Wildman–Crippen MR) is 88.1 cm³/mol. The van der Waals surface area contributed by atoms with Gasteiger partial charge < -0.3 is 10.2 Å². The van der Waals surface area contributed by atoms with Crippen LogP contribution in [0.4, 0.5) is 17.6 Å². The van der Waals surface area contributed by atoms with E-state index >= 15 is 0 Å². The summed E-state index contributed by atoms with van der Waals surface area (Å²) < 4.78 is 0. The van der Waals surface area contributed by atoms with Crippen molar-refractivity contribution in [1.29, 1.82) is 0 Å². The summed E-state index contributed by atoms with van der Waals surface area (Å²) in [5.74, 6) is 0.835. The first-order valence-electron chi connectivity index (χ1n) is 6.42. The molecule has 1 aromatic heterocycles. The van der Waals surface area contributed by atoms with Crippen LogP contribution in [-0.2, 0) is 0 Å². The Morgan fingerprint density at radius 1 is 1.05 bits per heavy atom. The molecule has 0 bridgehead atoms. The number of hydrogen-bond acceptors (Lipinski definition) is 5. The molecule has 0 spiro atoms. The number of benzene rings is 1. The maximum absolute atomic E-state index is 6.13. The molecule has 0 saturated carbocycles. The second-order valence-corrected chi connectivity index (χ2v) is 5.25. The van der Waals surface area contributed by atoms with Gasteiger partial charge >= 0.3 is 0 Å². The van der Waals surface area contributed by atoms with Crippen LogP contribution in [0.3, 0.4) is 0 Å². The predicted octanol–water partition coefficient (Wildman–Crippen LogP) is 4.42. The third kappa shape index (κ3) is 3.87. The Morgan fingerprint density at radius 2 is 1.76 bits per heavy atom. The molecule has 0 fully saturated rings. The standard InChI is InChI=1S/C13H14Cl3N5/c1-3-21(4-2)13-19-11(16)18-12(20-13)17-9-7-5-6-8(14)10(9)15/h5-7H,3-4H2,1-2H3,(H,17,18,19,20). The molecule has 1 N–H and O–H groups in total. The van der Waals surface area contributed by atoms with Crippen LogP contribution in [0.25, 0.3) is 0 Å². The summed E-state index contributed by atoms with van der Waals surface area (Å²) in [6.07, 6.45) is 0. The van der Waals surface area contributed by atoms with Crippen molar-refractivity contribution in [2.45, 2.75) is 13.8 Å². The average molecular weight is 347 g/mol. The van der Waals surface area contributed by atoms with E-state index in [9.17, 15) is 0 Å². The van der Waals surface area contributed by atoms with Gasteiger partial charge in [-0.1, -0.05) is 29.3 Å². The van der Waals surface area contributed by atoms with Crippen molar-refractivity contribution in [2.75, 3.05) is 23.3 Å². The highest BCUT2D eigenvalue weighted by molar-refractivity contribution is 6.43.